The van der Waals surface area contributed by atoms with Crippen molar-refractivity contribution >= 4 is 17.6 Å². The van der Waals surface area contributed by atoms with E-state index in [0.29, 0.717) is 22.5 Å². The predicted molar refractivity (Wildman–Crippen MR) is 95.7 cm³/mol. The standard InChI is InChI=1S/C19H24N2O4/c1-10-7-6-8-15(11(10)2)21-16(23)9-25-19(24)18-12(3)17(14(5)22)13(4)20-18/h6-8,14,20,22H,9H2,1-5H3,(H,21,23)/t14-/m1/s1. The molecule has 6 heteroatoms. The van der Waals surface area contributed by atoms with Gasteiger partial charge in [0.25, 0.3) is 5.91 Å². The molecule has 0 aliphatic heterocycles. The van der Waals surface area contributed by atoms with Crippen LogP contribution in [0.15, 0.2) is 18.2 Å². The molecule has 0 aliphatic rings. The summed E-state index contributed by atoms with van der Waals surface area (Å²) in [6.07, 6.45) is -0.689. The minimum Gasteiger partial charge on any atom is -0.451 e. The van der Waals surface area contributed by atoms with Crippen molar-refractivity contribution in [1.82, 2.24) is 4.98 Å². The molecule has 0 saturated heterocycles. The molecule has 134 valence electrons. The second-order valence-electron chi connectivity index (χ2n) is 6.21. The van der Waals surface area contributed by atoms with E-state index in [0.717, 1.165) is 11.1 Å². The molecule has 1 atom stereocenters. The van der Waals surface area contributed by atoms with Crippen LogP contribution < -0.4 is 5.32 Å². The number of hydrogen-bond donors (Lipinski definition) is 3. The highest BCUT2D eigenvalue weighted by molar-refractivity contribution is 5.96. The number of carbonyl (C=O) groups excluding carboxylic acids is 2. The first-order valence-electron chi connectivity index (χ1n) is 8.12. The SMILES string of the molecule is Cc1cccc(NC(=O)COC(=O)c2[nH]c(C)c([C@@H](C)O)c2C)c1C. The van der Waals surface area contributed by atoms with Crippen LogP contribution in [0, 0.1) is 27.7 Å². The average Bonchev–Trinajstić information content (AvgIpc) is 2.84. The minimum absolute atomic E-state index is 0.257. The van der Waals surface area contributed by atoms with Crippen molar-refractivity contribution in [2.24, 2.45) is 0 Å². The zero-order valence-electron chi connectivity index (χ0n) is 15.2. The molecule has 0 aliphatic carbocycles. The van der Waals surface area contributed by atoms with Crippen LogP contribution in [0.5, 0.6) is 0 Å². The number of aliphatic hydroxyl groups excluding tert-OH is 1. The number of carbonyl (C=O) groups is 2. The van der Waals surface area contributed by atoms with E-state index >= 15 is 0 Å². The monoisotopic (exact) mass is 344 g/mol. The van der Waals surface area contributed by atoms with Gasteiger partial charge < -0.3 is 20.1 Å². The molecule has 0 bridgehead atoms. The van der Waals surface area contributed by atoms with Crippen LogP contribution in [0.4, 0.5) is 5.69 Å². The first-order chi connectivity index (χ1) is 11.7. The van der Waals surface area contributed by atoms with E-state index in [-0.39, 0.29) is 12.3 Å². The van der Waals surface area contributed by atoms with E-state index in [2.05, 4.69) is 10.3 Å². The smallest absolute Gasteiger partial charge is 0.355 e. The van der Waals surface area contributed by atoms with Crippen LogP contribution in [0.2, 0.25) is 0 Å². The summed E-state index contributed by atoms with van der Waals surface area (Å²) in [5.41, 5.74) is 5.01. The molecule has 0 unspecified atom stereocenters. The van der Waals surface area contributed by atoms with Crippen molar-refractivity contribution in [2.45, 2.75) is 40.7 Å². The number of aromatic nitrogens is 1. The Labute approximate surface area is 147 Å². The molecule has 0 radical (unpaired) electrons. The van der Waals surface area contributed by atoms with Crippen LogP contribution in [-0.4, -0.2) is 28.6 Å². The predicted octanol–water partition coefficient (Wildman–Crippen LogP) is 3.10. The normalized spacial score (nSPS) is 11.9. The molecule has 1 aromatic carbocycles. The van der Waals surface area contributed by atoms with Gasteiger partial charge in [0.1, 0.15) is 5.69 Å². The Bertz CT molecular complexity index is 806. The number of esters is 1. The maximum atomic E-state index is 12.2. The lowest BCUT2D eigenvalue weighted by Crippen LogP contribution is -2.22. The quantitative estimate of drug-likeness (QED) is 0.727. The number of H-pyrrole nitrogens is 1. The molecular formula is C19H24N2O4. The Morgan fingerprint density at radius 3 is 2.48 bits per heavy atom. The second-order valence-corrected chi connectivity index (χ2v) is 6.21. The van der Waals surface area contributed by atoms with Gasteiger partial charge in [0.2, 0.25) is 0 Å². The van der Waals surface area contributed by atoms with Crippen molar-refractivity contribution in [3.8, 4) is 0 Å². The van der Waals surface area contributed by atoms with Crippen LogP contribution in [0.25, 0.3) is 0 Å². The average molecular weight is 344 g/mol. The molecule has 1 amide bonds. The van der Waals surface area contributed by atoms with Crippen LogP contribution in [0.1, 0.15) is 51.5 Å². The Morgan fingerprint density at radius 2 is 1.88 bits per heavy atom. The molecule has 0 fully saturated rings. The van der Waals surface area contributed by atoms with Crippen molar-refractivity contribution in [3.63, 3.8) is 0 Å². The molecule has 0 spiro atoms. The van der Waals surface area contributed by atoms with Gasteiger partial charge in [-0.2, -0.15) is 0 Å². The van der Waals surface area contributed by atoms with Gasteiger partial charge in [0.05, 0.1) is 6.10 Å². The summed E-state index contributed by atoms with van der Waals surface area (Å²) >= 11 is 0. The molecule has 25 heavy (non-hydrogen) atoms. The number of aryl methyl sites for hydroxylation is 2. The first-order valence-corrected chi connectivity index (χ1v) is 8.12. The van der Waals surface area contributed by atoms with E-state index in [1.54, 1.807) is 26.8 Å². The third-order valence-electron chi connectivity index (χ3n) is 4.33. The number of rotatable bonds is 5. The molecule has 6 nitrogen and oxygen atoms in total. The number of aromatic amines is 1. The summed E-state index contributed by atoms with van der Waals surface area (Å²) in [7, 11) is 0. The summed E-state index contributed by atoms with van der Waals surface area (Å²) in [4.78, 5) is 27.2. The van der Waals surface area contributed by atoms with Crippen LogP contribution in [0.3, 0.4) is 0 Å². The molecule has 1 heterocycles. The summed E-state index contributed by atoms with van der Waals surface area (Å²) in [6.45, 7) is 8.64. The lowest BCUT2D eigenvalue weighted by atomic mass is 10.1. The minimum atomic E-state index is -0.689. The highest BCUT2D eigenvalue weighted by atomic mass is 16.5. The van der Waals surface area contributed by atoms with Gasteiger partial charge in [-0.25, -0.2) is 4.79 Å². The first kappa shape index (κ1) is 18.7. The Balaban J connectivity index is 2.02. The highest BCUT2D eigenvalue weighted by Crippen LogP contribution is 2.25. The number of ether oxygens (including phenoxy) is 1. The van der Waals surface area contributed by atoms with Gasteiger partial charge in [0, 0.05) is 16.9 Å². The fourth-order valence-corrected chi connectivity index (χ4v) is 2.87. The number of benzene rings is 1. The number of anilines is 1. The molecule has 1 aromatic heterocycles. The summed E-state index contributed by atoms with van der Waals surface area (Å²) in [5, 5.41) is 12.5. The molecule has 0 saturated carbocycles. The second kappa shape index (κ2) is 7.53. The van der Waals surface area contributed by atoms with Gasteiger partial charge in [-0.15, -0.1) is 0 Å². The van der Waals surface area contributed by atoms with E-state index in [9.17, 15) is 14.7 Å². The van der Waals surface area contributed by atoms with E-state index in [1.807, 2.05) is 26.0 Å². The van der Waals surface area contributed by atoms with Gasteiger partial charge in [-0.05, 0) is 57.4 Å². The Morgan fingerprint density at radius 1 is 1.20 bits per heavy atom. The van der Waals surface area contributed by atoms with E-state index in [1.165, 1.54) is 0 Å². The Hall–Kier alpha value is -2.60. The van der Waals surface area contributed by atoms with Crippen LogP contribution in [-0.2, 0) is 9.53 Å². The van der Waals surface area contributed by atoms with E-state index < -0.39 is 18.0 Å². The maximum Gasteiger partial charge on any atom is 0.355 e. The van der Waals surface area contributed by atoms with Gasteiger partial charge >= 0.3 is 5.97 Å². The van der Waals surface area contributed by atoms with Crippen molar-refractivity contribution in [2.75, 3.05) is 11.9 Å². The zero-order valence-corrected chi connectivity index (χ0v) is 15.2. The third-order valence-corrected chi connectivity index (χ3v) is 4.33. The Kier molecular flexibility index (Phi) is 5.64. The molecule has 3 N–H and O–H groups in total. The van der Waals surface area contributed by atoms with E-state index in [4.69, 9.17) is 4.74 Å². The molecule has 2 rings (SSSR count). The van der Waals surface area contributed by atoms with Crippen molar-refractivity contribution in [1.29, 1.82) is 0 Å². The highest BCUT2D eigenvalue weighted by Gasteiger charge is 2.21. The van der Waals surface area contributed by atoms with Gasteiger partial charge in [0.15, 0.2) is 6.61 Å². The fourth-order valence-electron chi connectivity index (χ4n) is 2.87. The summed E-state index contributed by atoms with van der Waals surface area (Å²) in [6, 6.07) is 5.61. The topological polar surface area (TPSA) is 91.4 Å². The van der Waals surface area contributed by atoms with Crippen LogP contribution >= 0.6 is 0 Å². The largest absolute Gasteiger partial charge is 0.451 e. The molecule has 2 aromatic rings. The summed E-state index contributed by atoms with van der Waals surface area (Å²) in [5.74, 6) is -1.03. The number of nitrogens with one attached hydrogen (secondary N) is 2. The number of amides is 1. The molecular weight excluding hydrogens is 320 g/mol. The van der Waals surface area contributed by atoms with Crippen molar-refractivity contribution in [3.05, 3.63) is 51.8 Å². The lowest BCUT2D eigenvalue weighted by Gasteiger charge is -2.10. The fraction of sp³-hybridized carbons (Fsp3) is 0.368. The maximum absolute atomic E-state index is 12.2. The van der Waals surface area contributed by atoms with Gasteiger partial charge in [-0.1, -0.05) is 12.1 Å². The third kappa shape index (κ3) is 4.09. The number of hydrogen-bond acceptors (Lipinski definition) is 4. The lowest BCUT2D eigenvalue weighted by molar-refractivity contribution is -0.119. The summed E-state index contributed by atoms with van der Waals surface area (Å²) < 4.78 is 5.10. The van der Waals surface area contributed by atoms with Crippen molar-refractivity contribution < 1.29 is 19.4 Å². The number of aliphatic hydroxyl groups is 1. The zero-order chi connectivity index (χ0) is 18.7. The van der Waals surface area contributed by atoms with Gasteiger partial charge in [-0.3, -0.25) is 4.79 Å².